The molecule has 0 saturated heterocycles. The van der Waals surface area contributed by atoms with Crippen molar-refractivity contribution in [2.75, 3.05) is 33.0 Å². The summed E-state index contributed by atoms with van der Waals surface area (Å²) in [7, 11) is 0. The summed E-state index contributed by atoms with van der Waals surface area (Å²) < 4.78 is 20.1. The summed E-state index contributed by atoms with van der Waals surface area (Å²) in [5.41, 5.74) is 5.15. The monoisotopic (exact) mass is 2070 g/mol. The third-order valence-corrected chi connectivity index (χ3v) is 42.6. The number of esters is 4. The average molecular weight is 2070 g/mol. The Balaban J connectivity index is 0.000000134. The first-order chi connectivity index (χ1) is 70.4. The van der Waals surface area contributed by atoms with Crippen LogP contribution in [0.5, 0.6) is 0 Å². The largest absolute Gasteiger partial charge is 0.481 e. The molecule has 0 aromatic rings. The van der Waals surface area contributed by atoms with E-state index < -0.39 is 112 Å². The number of aliphatic carboxylic acids is 3. The lowest BCUT2D eigenvalue weighted by Gasteiger charge is -2.54. The first-order valence-electron chi connectivity index (χ1n) is 55.0. The van der Waals surface area contributed by atoms with Crippen LogP contribution in [0.1, 0.15) is 302 Å². The fourth-order valence-electron chi connectivity index (χ4n) is 34.1. The molecule has 10 fully saturated rings. The van der Waals surface area contributed by atoms with Crippen LogP contribution in [0.25, 0.3) is 0 Å². The zero-order valence-corrected chi connectivity index (χ0v) is 89.8. The normalized spacial score (nSPS) is 40.1. The third kappa shape index (κ3) is 19.1. The topological polar surface area (TPSA) is 469 Å². The van der Waals surface area contributed by atoms with E-state index in [1.165, 1.54) is 45.9 Å². The number of rotatable bonds is 23. The van der Waals surface area contributed by atoms with Crippen molar-refractivity contribution in [2.45, 2.75) is 319 Å². The molecule has 10 unspecified atom stereocenters. The molecular formula is C122H154O28. The van der Waals surface area contributed by atoms with Crippen molar-refractivity contribution < 1.29 is 136 Å². The van der Waals surface area contributed by atoms with E-state index in [0.29, 0.717) is 75.0 Å². The molecule has 0 bridgehead atoms. The highest BCUT2D eigenvalue weighted by atomic mass is 16.6. The standard InChI is InChI=1S/C26H34O7.2C26H32O7.C23H28O4.C21H28O3/c3*1-15-12-20-18-5-4-16-13-17(27)8-10-24(16,2)19(18)9-11-25(20,3)26(15,32)21(28)14-33-23(31)7-6-22(29)30;1-14(24)27-13-21(26)20-7-6-18-17-5-4-15-12-16(25)8-10-22(15,2)19(17)9-11-23(18,20)3;1-20-9-7-14(23)11-13(20)3-4-15-16-5-6-18(19(24)12-22)21(16,2)10-8-17(15)20/h9,13,15,18,20,32H,4-8,10-12,14H2,1-3H3,(H,29,30);2*8-10,13,15,18,20,32H,4-7,11-12,14H2,1-3H3,(H,29,30);8-10,12,17-18,20H,4-7,11,13H2,1-3H3;8,11,15-16,18,22H,3-7,9-10,12H2,1-2H3/t2*15-,18?,20?,24+,25+,26+;15-,18?,20?,24-,25-,26-;17?,18?,20-,22+,23+;15?,16?,18-,20+,21+/m11011/s1. The van der Waals surface area contributed by atoms with E-state index in [2.05, 4.69) is 84.9 Å². The second-order valence-corrected chi connectivity index (χ2v) is 49.9. The minimum absolute atomic E-state index is 0.00996. The van der Waals surface area contributed by atoms with Crippen molar-refractivity contribution in [3.8, 4) is 0 Å². The first kappa shape index (κ1) is 112. The molecular weight excluding hydrogens is 1910 g/mol. The molecule has 28 nitrogen and oxygen atoms in total. The number of aliphatic hydroxyl groups is 4. The summed E-state index contributed by atoms with van der Waals surface area (Å²) in [6.07, 6.45) is 51.1. The smallest absolute Gasteiger partial charge is 0.306 e. The Hall–Kier alpha value is -10.6. The quantitative estimate of drug-likeness (QED) is 0.0284. The summed E-state index contributed by atoms with van der Waals surface area (Å²) in [5.74, 6) is -4.73. The predicted molar refractivity (Wildman–Crippen MR) is 551 cm³/mol. The zero-order chi connectivity index (χ0) is 109. The van der Waals surface area contributed by atoms with Gasteiger partial charge in [0.05, 0.1) is 38.5 Å². The Kier molecular flexibility index (Phi) is 31.2. The molecule has 20 rings (SSSR count). The van der Waals surface area contributed by atoms with Crippen molar-refractivity contribution in [1.29, 1.82) is 0 Å². The maximum Gasteiger partial charge on any atom is 0.306 e. The van der Waals surface area contributed by atoms with E-state index in [1.54, 1.807) is 36.0 Å². The molecule has 10 saturated carbocycles. The van der Waals surface area contributed by atoms with Gasteiger partial charge in [0.1, 0.15) is 30.0 Å². The molecule has 0 aliphatic heterocycles. The molecule has 0 aromatic heterocycles. The van der Waals surface area contributed by atoms with Crippen molar-refractivity contribution in [2.24, 2.45) is 143 Å². The Morgan fingerprint density at radius 1 is 0.333 bits per heavy atom. The Labute approximate surface area is 879 Å². The van der Waals surface area contributed by atoms with E-state index in [0.717, 1.165) is 127 Å². The fourth-order valence-corrected chi connectivity index (χ4v) is 34.1. The van der Waals surface area contributed by atoms with Crippen LogP contribution >= 0.6 is 0 Å². The van der Waals surface area contributed by atoms with Gasteiger partial charge in [0, 0.05) is 74.9 Å². The number of Topliss-reactive ketones (excluding diaryl/α,β-unsaturated/α-hetero) is 5. The number of carbonyl (C=O) groups is 17. The van der Waals surface area contributed by atoms with Crippen LogP contribution in [0.15, 0.2) is 153 Å². The highest BCUT2D eigenvalue weighted by Gasteiger charge is 2.72. The number of aliphatic hydroxyl groups excluding tert-OH is 1. The number of ether oxygens (including phenoxy) is 4. The van der Waals surface area contributed by atoms with E-state index >= 15 is 0 Å². The van der Waals surface area contributed by atoms with Gasteiger partial charge in [0.2, 0.25) is 17.3 Å². The predicted octanol–water partition coefficient (Wildman–Crippen LogP) is 17.3. The van der Waals surface area contributed by atoms with Crippen LogP contribution < -0.4 is 0 Å². The van der Waals surface area contributed by atoms with E-state index in [1.807, 2.05) is 71.9 Å². The maximum absolute atomic E-state index is 13.3. The summed E-state index contributed by atoms with van der Waals surface area (Å²) >= 11 is 0. The first-order valence-corrected chi connectivity index (χ1v) is 55.0. The number of allylic oxidation sites excluding steroid dienone is 26. The van der Waals surface area contributed by atoms with Crippen LogP contribution in [0.2, 0.25) is 0 Å². The van der Waals surface area contributed by atoms with E-state index in [-0.39, 0.29) is 195 Å². The van der Waals surface area contributed by atoms with Gasteiger partial charge in [0.15, 0.2) is 60.3 Å². The molecule has 0 spiro atoms. The molecule has 28 heteroatoms. The fraction of sp³-hybridized carbons (Fsp3) is 0.648. The molecule has 0 radical (unpaired) electrons. The van der Waals surface area contributed by atoms with Crippen LogP contribution in [-0.2, 0) is 100 Å². The number of carbonyl (C=O) groups excluding carboxylic acids is 14. The average Bonchev–Trinajstić information content (AvgIpc) is 1.53. The number of hydrogen-bond donors (Lipinski definition) is 7. The van der Waals surface area contributed by atoms with Crippen molar-refractivity contribution >= 4 is 99.6 Å². The molecule has 150 heavy (non-hydrogen) atoms. The number of fused-ring (bicyclic) bond motifs is 25. The highest BCUT2D eigenvalue weighted by molar-refractivity contribution is 6.03. The summed E-state index contributed by atoms with van der Waals surface area (Å²) in [6.45, 7) is 26.4. The Morgan fingerprint density at radius 2 is 0.620 bits per heavy atom. The van der Waals surface area contributed by atoms with Gasteiger partial charge in [-0.05, 0) is 311 Å². The van der Waals surface area contributed by atoms with E-state index in [4.69, 9.17) is 34.3 Å². The summed E-state index contributed by atoms with van der Waals surface area (Å²) in [5, 5.41) is 70.9. The maximum atomic E-state index is 13.3. The molecule has 28 atom stereocenters. The van der Waals surface area contributed by atoms with Gasteiger partial charge in [-0.2, -0.15) is 0 Å². The minimum Gasteiger partial charge on any atom is -0.481 e. The lowest BCUT2D eigenvalue weighted by Crippen LogP contribution is -2.57. The number of ketones is 10. The summed E-state index contributed by atoms with van der Waals surface area (Å²) in [6, 6.07) is 0. The van der Waals surface area contributed by atoms with Crippen molar-refractivity contribution in [1.82, 2.24) is 0 Å². The van der Waals surface area contributed by atoms with Gasteiger partial charge >= 0.3 is 41.8 Å². The second kappa shape index (κ2) is 41.7. The van der Waals surface area contributed by atoms with Crippen LogP contribution in [-0.4, -0.2) is 185 Å². The van der Waals surface area contributed by atoms with Gasteiger partial charge in [-0.25, -0.2) is 0 Å². The van der Waals surface area contributed by atoms with Crippen molar-refractivity contribution in [3.05, 3.63) is 153 Å². The van der Waals surface area contributed by atoms with Gasteiger partial charge in [-0.3, -0.25) is 81.5 Å². The van der Waals surface area contributed by atoms with Gasteiger partial charge in [-0.1, -0.05) is 174 Å². The Morgan fingerprint density at radius 3 is 0.940 bits per heavy atom. The number of carboxylic acids is 3. The summed E-state index contributed by atoms with van der Waals surface area (Å²) in [4.78, 5) is 203. The van der Waals surface area contributed by atoms with E-state index in [9.17, 15) is 102 Å². The van der Waals surface area contributed by atoms with Crippen LogP contribution in [0.4, 0.5) is 0 Å². The van der Waals surface area contributed by atoms with Gasteiger partial charge in [0.25, 0.3) is 0 Å². The molecule has 0 amide bonds. The molecule has 0 aromatic carbocycles. The lowest BCUT2D eigenvalue weighted by atomic mass is 9.50. The van der Waals surface area contributed by atoms with Crippen LogP contribution in [0, 0.1) is 143 Å². The SMILES string of the molecule is CC(=O)OCC(=O)[C@H]1CCC2C3CCC4=CC(=O)C=C[C@]4(C)C3=CC[C@@]21C.C[C@@H]1CC2C3CCC4=CC(=O)C=C[C@]4(C)C3=CC[C@]2(C)[C@@]1(O)C(=O)COC(=O)CCC(=O)O.C[C@@H]1CC2C3CCC4=CC(=O)CC[C@]4(C)C3=CC[C@]2(C)[C@@]1(O)C(=O)COC(=O)CCC(=O)O.C[C@H]1CC2C3CCC4=CC(=O)C=C[C@]4(C)C3=CC[C@]2(C)[C@@]1(O)C(=O)COC(=O)CCC(=O)O.C[C@]12CCC(=O)C=C1CCC1C2=CC[C@@]2(C)C1CC[C@@H]2C(=O)CO. The molecule has 20 aliphatic rings. The molecule has 7 N–H and O–H groups in total. The van der Waals surface area contributed by atoms with Gasteiger partial charge in [-0.15, -0.1) is 0 Å². The molecule has 20 aliphatic carbocycles. The molecule has 810 valence electrons. The zero-order valence-electron chi connectivity index (χ0n) is 89.8. The van der Waals surface area contributed by atoms with Crippen molar-refractivity contribution in [3.63, 3.8) is 0 Å². The number of hydrogen-bond acceptors (Lipinski definition) is 25. The Bertz CT molecular complexity index is 5930. The highest BCUT2D eigenvalue weighted by Crippen LogP contribution is 2.73. The molecule has 0 heterocycles. The minimum atomic E-state index is -1.64. The third-order valence-electron chi connectivity index (χ3n) is 42.6. The van der Waals surface area contributed by atoms with Crippen LogP contribution in [0.3, 0.4) is 0 Å². The second-order valence-electron chi connectivity index (χ2n) is 49.9. The van der Waals surface area contributed by atoms with Gasteiger partial charge < -0.3 is 54.7 Å². The lowest BCUT2D eigenvalue weighted by molar-refractivity contribution is -0.168. The number of carboxylic acid groups (broad SMARTS) is 3.